The van der Waals surface area contributed by atoms with Gasteiger partial charge in [-0.1, -0.05) is 237 Å². The van der Waals surface area contributed by atoms with Gasteiger partial charge in [-0.15, -0.1) is 0 Å². The molecule has 21 rings (SSSR count). The lowest BCUT2D eigenvalue weighted by molar-refractivity contribution is 0.668. The summed E-state index contributed by atoms with van der Waals surface area (Å²) >= 11 is 0. The summed E-state index contributed by atoms with van der Waals surface area (Å²) in [5.74, 6) is 3.69. The van der Waals surface area contributed by atoms with Gasteiger partial charge in [-0.2, -0.15) is 0 Å². The van der Waals surface area contributed by atoms with E-state index in [2.05, 4.69) is 185 Å². The Kier molecular flexibility index (Phi) is 13.3. The molecule has 472 valence electrons. The maximum Gasteiger partial charge on any atom is 0.166 e. The maximum absolute atomic E-state index is 6.40. The highest BCUT2D eigenvalue weighted by atomic mass is 16.3. The Hall–Kier alpha value is -13.9. The van der Waals surface area contributed by atoms with Crippen LogP contribution < -0.4 is 0 Å². The number of para-hydroxylation sites is 6. The zero-order valence-corrected chi connectivity index (χ0v) is 54.0. The molecule has 0 aliphatic carbocycles. The monoisotopic (exact) mass is 1290 g/mol. The summed E-state index contributed by atoms with van der Waals surface area (Å²) < 4.78 is 23.6. The number of aromatic nitrogens is 8. The lowest BCUT2D eigenvalue weighted by atomic mass is 10.0. The van der Waals surface area contributed by atoms with E-state index >= 15 is 0 Å². The van der Waals surface area contributed by atoms with Crippen molar-refractivity contribution >= 4 is 109 Å². The molecule has 7 aromatic heterocycles. The lowest BCUT2D eigenvalue weighted by Crippen LogP contribution is -2.03. The van der Waals surface area contributed by atoms with Crippen molar-refractivity contribution in [3.63, 3.8) is 0 Å². The second kappa shape index (κ2) is 23.4. The molecule has 0 saturated carbocycles. The molecule has 0 atom stereocenters. The number of hydrogen-bond acceptors (Lipinski definition) is 9. The topological polar surface area (TPSA) is 127 Å². The summed E-state index contributed by atoms with van der Waals surface area (Å²) in [4.78, 5) is 30.2. The van der Waals surface area contributed by atoms with Crippen molar-refractivity contribution in [3.05, 3.63) is 328 Å². The third-order valence-electron chi connectivity index (χ3n) is 19.3. The molecular formula is C90H54N8O3. The van der Waals surface area contributed by atoms with Gasteiger partial charge in [-0.3, -0.25) is 0 Å². The number of hydrogen-bond donors (Lipinski definition) is 0. The van der Waals surface area contributed by atoms with Gasteiger partial charge in [0.25, 0.3) is 0 Å². The molecule has 0 radical (unpaired) electrons. The van der Waals surface area contributed by atoms with E-state index in [0.717, 1.165) is 155 Å². The van der Waals surface area contributed by atoms with E-state index in [-0.39, 0.29) is 0 Å². The van der Waals surface area contributed by atoms with E-state index in [4.69, 9.17) is 43.2 Å². The van der Waals surface area contributed by atoms with Crippen LogP contribution in [0.4, 0.5) is 0 Å². The van der Waals surface area contributed by atoms with Crippen molar-refractivity contribution in [1.82, 2.24) is 39.0 Å². The minimum atomic E-state index is 0.579. The van der Waals surface area contributed by atoms with Gasteiger partial charge in [0, 0.05) is 105 Å². The van der Waals surface area contributed by atoms with Crippen LogP contribution in [0.3, 0.4) is 0 Å². The number of fused-ring (bicyclic) bond motifs is 15. The van der Waals surface area contributed by atoms with Crippen molar-refractivity contribution in [3.8, 4) is 90.8 Å². The van der Waals surface area contributed by atoms with Gasteiger partial charge in [0.1, 0.15) is 33.5 Å². The van der Waals surface area contributed by atoms with Crippen molar-refractivity contribution < 1.29 is 13.3 Å². The van der Waals surface area contributed by atoms with E-state index < -0.39 is 0 Å². The van der Waals surface area contributed by atoms with Gasteiger partial charge < -0.3 is 22.4 Å². The zero-order chi connectivity index (χ0) is 66.5. The first kappa shape index (κ1) is 57.4. The number of furan rings is 3. The molecule has 0 fully saturated rings. The summed E-state index contributed by atoms with van der Waals surface area (Å²) in [5, 5.41) is 11.2. The summed E-state index contributed by atoms with van der Waals surface area (Å²) in [7, 11) is 0. The Balaban J connectivity index is 0.000000136. The second-order valence-corrected chi connectivity index (χ2v) is 25.3. The molecule has 0 aliphatic heterocycles. The summed E-state index contributed by atoms with van der Waals surface area (Å²) in [6.45, 7) is 0. The fraction of sp³-hybridized carbons (Fsp3) is 0. The molecule has 21 aromatic rings. The third-order valence-corrected chi connectivity index (χ3v) is 19.3. The molecule has 0 spiro atoms. The highest BCUT2D eigenvalue weighted by Gasteiger charge is 2.24. The van der Waals surface area contributed by atoms with Gasteiger partial charge in [0.2, 0.25) is 0 Å². The summed E-state index contributed by atoms with van der Waals surface area (Å²) in [6, 6.07) is 112. The van der Waals surface area contributed by atoms with Crippen LogP contribution in [-0.2, 0) is 0 Å². The fourth-order valence-corrected chi connectivity index (χ4v) is 14.6. The quantitative estimate of drug-likeness (QED) is 0.139. The Morgan fingerprint density at radius 2 is 0.584 bits per heavy atom. The molecule has 0 unspecified atom stereocenters. The van der Waals surface area contributed by atoms with Crippen LogP contribution in [0.1, 0.15) is 0 Å². The molecule has 0 saturated heterocycles. The van der Waals surface area contributed by atoms with Crippen molar-refractivity contribution in [2.75, 3.05) is 0 Å². The van der Waals surface area contributed by atoms with Gasteiger partial charge in [-0.25, -0.2) is 29.9 Å². The third kappa shape index (κ3) is 9.74. The van der Waals surface area contributed by atoms with Crippen LogP contribution in [0.2, 0.25) is 0 Å². The normalized spacial score (nSPS) is 11.8. The van der Waals surface area contributed by atoms with Crippen molar-refractivity contribution in [2.45, 2.75) is 0 Å². The highest BCUT2D eigenvalue weighted by Crippen LogP contribution is 2.44. The van der Waals surface area contributed by atoms with Crippen LogP contribution >= 0.6 is 0 Å². The Morgan fingerprint density at radius 1 is 0.198 bits per heavy atom. The standard InChI is InChI=1S/C45H26N4O2.C45H28N4O/c1-2-13-27(14-3-1)43-46-44(48-45(47-43)32-19-12-24-40-42(32)31-18-7-11-23-39(31)50-40)30-17-5-9-21-36(30)49-35-20-8-4-15-28(35)33-25-34-29-16-6-10-22-38(29)51-41(34)26-37(33)49;1-3-12-30(13-4-1)43-46-44(31-14-5-2-6-15-31)48-45(47-43)33-17-11-16-32(26-33)29-22-24-34(25-23-29)49-39-20-9-7-18-35(39)37-27-38-36-19-8-10-21-41(36)50-42(38)28-40(37)49/h1-26H;1-28H. The molecule has 14 aromatic carbocycles. The first-order valence-electron chi connectivity index (χ1n) is 33.6. The van der Waals surface area contributed by atoms with Gasteiger partial charge in [-0.05, 0) is 90.0 Å². The van der Waals surface area contributed by atoms with Crippen LogP contribution in [0.25, 0.3) is 200 Å². The van der Waals surface area contributed by atoms with Gasteiger partial charge >= 0.3 is 0 Å². The maximum atomic E-state index is 6.40. The predicted molar refractivity (Wildman–Crippen MR) is 408 cm³/mol. The van der Waals surface area contributed by atoms with Gasteiger partial charge in [0.15, 0.2) is 34.9 Å². The average Bonchev–Trinajstić information content (AvgIpc) is 1.58. The lowest BCUT2D eigenvalue weighted by Gasteiger charge is -2.14. The van der Waals surface area contributed by atoms with E-state index in [9.17, 15) is 0 Å². The summed E-state index contributed by atoms with van der Waals surface area (Å²) in [6.07, 6.45) is 0. The van der Waals surface area contributed by atoms with E-state index in [1.54, 1.807) is 0 Å². The Labute approximate surface area is 576 Å². The van der Waals surface area contributed by atoms with Crippen LogP contribution in [0, 0.1) is 0 Å². The van der Waals surface area contributed by atoms with Crippen molar-refractivity contribution in [1.29, 1.82) is 0 Å². The Bertz CT molecular complexity index is 6770. The van der Waals surface area contributed by atoms with Crippen molar-refractivity contribution in [2.24, 2.45) is 0 Å². The highest BCUT2D eigenvalue weighted by molar-refractivity contribution is 6.19. The van der Waals surface area contributed by atoms with Gasteiger partial charge in [0.05, 0.1) is 27.8 Å². The minimum Gasteiger partial charge on any atom is -0.456 e. The van der Waals surface area contributed by atoms with E-state index in [0.29, 0.717) is 34.9 Å². The van der Waals surface area contributed by atoms with Crippen LogP contribution in [0.5, 0.6) is 0 Å². The number of benzene rings is 14. The van der Waals surface area contributed by atoms with Crippen LogP contribution in [0.15, 0.2) is 341 Å². The molecule has 11 nitrogen and oxygen atoms in total. The number of rotatable bonds is 9. The average molecular weight is 1300 g/mol. The predicted octanol–water partition coefficient (Wildman–Crippen LogP) is 23.3. The largest absolute Gasteiger partial charge is 0.456 e. The second-order valence-electron chi connectivity index (χ2n) is 25.3. The smallest absolute Gasteiger partial charge is 0.166 e. The molecule has 7 heterocycles. The SMILES string of the molecule is c1ccc(-c2nc(-c3ccccc3)nc(-c3cccc(-c4ccc(-n5c6ccccc6c6cc7c(cc65)oc5ccccc57)cc4)c3)n2)cc1.c1ccc(-c2nc(-c3ccccc3-n3c4ccccc4c4cc5c(cc43)oc3ccccc35)nc(-c3cccc4oc5ccccc5c34)n2)cc1. The molecule has 0 amide bonds. The first-order chi connectivity index (χ1) is 50.0. The molecule has 11 heteroatoms. The molecular weight excluding hydrogens is 1240 g/mol. The van der Waals surface area contributed by atoms with E-state index in [1.807, 2.05) is 152 Å². The zero-order valence-electron chi connectivity index (χ0n) is 54.0. The number of nitrogens with zero attached hydrogens (tertiary/aromatic N) is 8. The first-order valence-corrected chi connectivity index (χ1v) is 33.6. The molecule has 101 heavy (non-hydrogen) atoms. The minimum absolute atomic E-state index is 0.579. The molecule has 0 bridgehead atoms. The van der Waals surface area contributed by atoms with Crippen LogP contribution in [-0.4, -0.2) is 39.0 Å². The fourth-order valence-electron chi connectivity index (χ4n) is 14.6. The molecule has 0 aliphatic rings. The van der Waals surface area contributed by atoms with E-state index in [1.165, 1.54) is 10.8 Å². The molecule has 0 N–H and O–H groups in total. The summed E-state index contributed by atoms with van der Waals surface area (Å²) in [5.41, 5.74) is 19.3. The Morgan fingerprint density at radius 3 is 1.17 bits per heavy atom.